The monoisotopic (exact) mass is 224 g/mol. The lowest BCUT2D eigenvalue weighted by Gasteiger charge is -2.04. The third-order valence-electron chi connectivity index (χ3n) is 1.76. The lowest BCUT2D eigenvalue weighted by atomic mass is 10.1. The predicted molar refractivity (Wildman–Crippen MR) is 64.8 cm³/mol. The summed E-state index contributed by atoms with van der Waals surface area (Å²) in [6, 6.07) is 5.32. The quantitative estimate of drug-likeness (QED) is 0.651. The highest BCUT2D eigenvalue weighted by Crippen LogP contribution is 2.27. The van der Waals surface area contributed by atoms with Crippen LogP contribution in [0.25, 0.3) is 5.57 Å². The summed E-state index contributed by atoms with van der Waals surface area (Å²) in [5, 5.41) is 1.31. The molecule has 0 nitrogen and oxygen atoms in total. The van der Waals surface area contributed by atoms with Crippen molar-refractivity contribution in [1.82, 2.24) is 0 Å². The van der Waals surface area contributed by atoms with Crippen LogP contribution in [0.3, 0.4) is 0 Å². The van der Waals surface area contributed by atoms with Gasteiger partial charge in [0, 0.05) is 15.6 Å². The van der Waals surface area contributed by atoms with Gasteiger partial charge < -0.3 is 0 Å². The van der Waals surface area contributed by atoms with Crippen molar-refractivity contribution in [3.05, 3.63) is 65.2 Å². The summed E-state index contributed by atoms with van der Waals surface area (Å²) in [6.07, 6.45) is 5.25. The van der Waals surface area contributed by atoms with Gasteiger partial charge in [0.1, 0.15) is 0 Å². The first-order chi connectivity index (χ1) is 6.69. The number of benzene rings is 1. The van der Waals surface area contributed by atoms with Gasteiger partial charge in [0.15, 0.2) is 0 Å². The Morgan fingerprint density at radius 2 is 1.93 bits per heavy atom. The summed E-state index contributed by atoms with van der Waals surface area (Å²) in [7, 11) is 0. The van der Waals surface area contributed by atoms with Gasteiger partial charge in [-0.3, -0.25) is 0 Å². The molecule has 0 heterocycles. The van der Waals surface area contributed by atoms with Gasteiger partial charge in [-0.15, -0.1) is 0 Å². The fourth-order valence-electron chi connectivity index (χ4n) is 1.11. The molecular weight excluding hydrogens is 215 g/mol. The molecule has 0 spiro atoms. The molecule has 1 aromatic carbocycles. The number of halogens is 2. The molecule has 0 atom stereocenters. The summed E-state index contributed by atoms with van der Waals surface area (Å²) in [6.45, 7) is 7.33. The van der Waals surface area contributed by atoms with Crippen LogP contribution in [0.2, 0.25) is 10.0 Å². The Morgan fingerprint density at radius 3 is 2.50 bits per heavy atom. The molecule has 0 aliphatic carbocycles. The Morgan fingerprint density at radius 1 is 1.21 bits per heavy atom. The SMILES string of the molecule is C=CC=C(C=C)c1cc(Cl)ccc1Cl. The molecule has 2 heteroatoms. The highest BCUT2D eigenvalue weighted by Gasteiger charge is 2.03. The van der Waals surface area contributed by atoms with Crippen molar-refractivity contribution in [1.29, 1.82) is 0 Å². The fourth-order valence-corrected chi connectivity index (χ4v) is 1.51. The molecule has 0 aromatic heterocycles. The maximum absolute atomic E-state index is 6.02. The van der Waals surface area contributed by atoms with Gasteiger partial charge in [-0.1, -0.05) is 54.6 Å². The lowest BCUT2D eigenvalue weighted by Crippen LogP contribution is -1.82. The van der Waals surface area contributed by atoms with Crippen molar-refractivity contribution in [3.63, 3.8) is 0 Å². The smallest absolute Gasteiger partial charge is 0.0485 e. The zero-order valence-corrected chi connectivity index (χ0v) is 9.15. The van der Waals surface area contributed by atoms with Crippen LogP contribution in [0.1, 0.15) is 5.56 Å². The molecule has 0 N–H and O–H groups in total. The maximum atomic E-state index is 6.02. The minimum absolute atomic E-state index is 0.654. The summed E-state index contributed by atoms with van der Waals surface area (Å²) in [5.74, 6) is 0. The van der Waals surface area contributed by atoms with E-state index >= 15 is 0 Å². The van der Waals surface area contributed by atoms with E-state index < -0.39 is 0 Å². The van der Waals surface area contributed by atoms with Crippen molar-refractivity contribution < 1.29 is 0 Å². The topological polar surface area (TPSA) is 0 Å². The van der Waals surface area contributed by atoms with E-state index in [4.69, 9.17) is 23.2 Å². The molecule has 0 amide bonds. The third-order valence-corrected chi connectivity index (χ3v) is 2.32. The second-order valence-corrected chi connectivity index (χ2v) is 3.53. The molecule has 0 bridgehead atoms. The van der Waals surface area contributed by atoms with E-state index in [2.05, 4.69) is 13.2 Å². The molecule has 1 rings (SSSR count). The Balaban J connectivity index is 3.28. The molecule has 1 aromatic rings. The van der Waals surface area contributed by atoms with Crippen molar-refractivity contribution in [2.75, 3.05) is 0 Å². The van der Waals surface area contributed by atoms with Crippen LogP contribution in [-0.4, -0.2) is 0 Å². The second-order valence-electron chi connectivity index (χ2n) is 2.69. The molecule has 0 saturated carbocycles. The van der Waals surface area contributed by atoms with Gasteiger partial charge in [-0.2, -0.15) is 0 Å². The van der Waals surface area contributed by atoms with Crippen LogP contribution in [0, 0.1) is 0 Å². The Bertz CT molecular complexity index is 389. The zero-order chi connectivity index (χ0) is 10.6. The van der Waals surface area contributed by atoms with Gasteiger partial charge in [0.2, 0.25) is 0 Å². The average Bonchev–Trinajstić information content (AvgIpc) is 2.18. The van der Waals surface area contributed by atoms with Crippen molar-refractivity contribution in [2.24, 2.45) is 0 Å². The van der Waals surface area contributed by atoms with Crippen LogP contribution in [0.4, 0.5) is 0 Å². The van der Waals surface area contributed by atoms with Gasteiger partial charge in [-0.05, 0) is 23.8 Å². The highest BCUT2D eigenvalue weighted by atomic mass is 35.5. The van der Waals surface area contributed by atoms with E-state index in [1.807, 2.05) is 6.08 Å². The van der Waals surface area contributed by atoms with Crippen molar-refractivity contribution in [3.8, 4) is 0 Å². The van der Waals surface area contributed by atoms with Gasteiger partial charge >= 0.3 is 0 Å². The zero-order valence-electron chi connectivity index (χ0n) is 7.63. The molecule has 72 valence electrons. The number of hydrogen-bond acceptors (Lipinski definition) is 0. The maximum Gasteiger partial charge on any atom is 0.0485 e. The van der Waals surface area contributed by atoms with Crippen molar-refractivity contribution >= 4 is 28.8 Å². The van der Waals surface area contributed by atoms with E-state index in [0.717, 1.165) is 11.1 Å². The third kappa shape index (κ3) is 2.50. The van der Waals surface area contributed by atoms with Gasteiger partial charge in [0.25, 0.3) is 0 Å². The standard InChI is InChI=1S/C12H10Cl2/c1-3-5-9(4-2)11-8-10(13)6-7-12(11)14/h3-8H,1-2H2. The van der Waals surface area contributed by atoms with Crippen LogP contribution in [0.5, 0.6) is 0 Å². The highest BCUT2D eigenvalue weighted by molar-refractivity contribution is 6.34. The predicted octanol–water partition coefficient (Wildman–Crippen LogP) is 4.75. The van der Waals surface area contributed by atoms with Crippen LogP contribution in [-0.2, 0) is 0 Å². The van der Waals surface area contributed by atoms with Crippen LogP contribution in [0.15, 0.2) is 49.6 Å². The van der Waals surface area contributed by atoms with Gasteiger partial charge in [-0.25, -0.2) is 0 Å². The first-order valence-corrected chi connectivity index (χ1v) is 4.85. The summed E-state index contributed by atoms with van der Waals surface area (Å²) < 4.78 is 0. The van der Waals surface area contributed by atoms with Crippen LogP contribution >= 0.6 is 23.2 Å². The lowest BCUT2D eigenvalue weighted by molar-refractivity contribution is 1.62. The molecule has 0 fully saturated rings. The minimum atomic E-state index is 0.654. The largest absolute Gasteiger partial charge is 0.0990 e. The second kappa shape index (κ2) is 5.04. The molecule has 14 heavy (non-hydrogen) atoms. The Labute approximate surface area is 94.2 Å². The molecule has 0 aliphatic rings. The number of hydrogen-bond donors (Lipinski definition) is 0. The summed E-state index contributed by atoms with van der Waals surface area (Å²) >= 11 is 11.9. The minimum Gasteiger partial charge on any atom is -0.0990 e. The van der Waals surface area contributed by atoms with E-state index in [9.17, 15) is 0 Å². The Kier molecular flexibility index (Phi) is 3.99. The average molecular weight is 225 g/mol. The first kappa shape index (κ1) is 11.1. The number of allylic oxidation sites excluding steroid dienone is 4. The molecule has 0 saturated heterocycles. The first-order valence-electron chi connectivity index (χ1n) is 4.09. The van der Waals surface area contributed by atoms with E-state index in [1.54, 1.807) is 30.4 Å². The van der Waals surface area contributed by atoms with E-state index in [1.165, 1.54) is 0 Å². The van der Waals surface area contributed by atoms with E-state index in [-0.39, 0.29) is 0 Å². The molecule has 0 radical (unpaired) electrons. The van der Waals surface area contributed by atoms with Crippen LogP contribution < -0.4 is 0 Å². The molecule has 0 unspecified atom stereocenters. The Hall–Kier alpha value is -0.980. The fraction of sp³-hybridized carbons (Fsp3) is 0. The number of rotatable bonds is 3. The molecular formula is C12H10Cl2. The molecule has 0 aliphatic heterocycles. The van der Waals surface area contributed by atoms with E-state index in [0.29, 0.717) is 10.0 Å². The van der Waals surface area contributed by atoms with Crippen molar-refractivity contribution in [2.45, 2.75) is 0 Å². The summed E-state index contributed by atoms with van der Waals surface area (Å²) in [4.78, 5) is 0. The summed E-state index contributed by atoms with van der Waals surface area (Å²) in [5.41, 5.74) is 1.78. The van der Waals surface area contributed by atoms with Gasteiger partial charge in [0.05, 0.1) is 0 Å². The normalized spacial score (nSPS) is 11.1.